The second-order valence-corrected chi connectivity index (χ2v) is 12.2. The quantitative estimate of drug-likeness (QED) is 0.0879. The maximum Gasteiger partial charge on any atom is 0 e. The van der Waals surface area contributed by atoms with Gasteiger partial charge < -0.3 is 4.74 Å². The van der Waals surface area contributed by atoms with Crippen LogP contribution >= 0.6 is 15.7 Å². The summed E-state index contributed by atoms with van der Waals surface area (Å²) in [5.41, 5.74) is 0. The molecule has 0 saturated carbocycles. The number of methoxy groups -OCH3 is 1. The second kappa shape index (κ2) is 20.3. The molecule has 3 aromatic rings. The Bertz CT molecular complexity index is 1100. The van der Waals surface area contributed by atoms with Crippen LogP contribution in [0, 0.1) is 25.6 Å². The van der Waals surface area contributed by atoms with Crippen LogP contribution in [0.5, 0.6) is 0 Å². The van der Waals surface area contributed by atoms with Gasteiger partial charge >= 0.3 is 55.6 Å². The zero-order valence-corrected chi connectivity index (χ0v) is 25.4. The molecule has 0 heterocycles. The van der Waals surface area contributed by atoms with E-state index in [9.17, 15) is 25.2 Å². The number of ether oxygens (including phenoxy) is 1. The van der Waals surface area contributed by atoms with Crippen molar-refractivity contribution in [3.8, 4) is 0 Å². The first-order valence-corrected chi connectivity index (χ1v) is 15.3. The average molecular weight is 670 g/mol. The minimum atomic E-state index is -10.7. The number of allylic oxidation sites excluding steroid dienone is 3. The Labute approximate surface area is 255 Å². The Balaban J connectivity index is 0. The van der Waals surface area contributed by atoms with E-state index < -0.39 is 15.7 Å². The van der Waals surface area contributed by atoms with Crippen LogP contribution in [-0.4, -0.2) is 13.7 Å². The van der Waals surface area contributed by atoms with Gasteiger partial charge in [0.2, 0.25) is 0 Å². The standard InChI is InChI=1S/C18H15P.C10H15O.2CO.F6P.Fe/c1-4-10-16(11-5-1)19(17-12-6-2-7-13-17)18-14-8-3-9-15-18;1-11-9-10-7-5-3-2-4-6-8-10;2*1-2;1-7(2,3,4,5)6;/h1-15H;2-5,7,10H,6,8-9H2,1H3;;;;/q;+1;;;-1;/b;4-2-,7-5-;;;;. The van der Waals surface area contributed by atoms with Gasteiger partial charge in [-0.25, -0.2) is 0 Å². The molecular weight excluding hydrogens is 640 g/mol. The summed E-state index contributed by atoms with van der Waals surface area (Å²) in [7, 11) is -9.35. The van der Waals surface area contributed by atoms with Crippen molar-refractivity contribution < 1.29 is 56.3 Å². The first-order valence-electron chi connectivity index (χ1n) is 11.9. The zero-order chi connectivity index (χ0) is 31.3. The van der Waals surface area contributed by atoms with Crippen molar-refractivity contribution in [2.45, 2.75) is 12.8 Å². The Morgan fingerprint density at radius 3 is 1.43 bits per heavy atom. The van der Waals surface area contributed by atoms with Crippen LogP contribution in [-0.2, 0) is 31.1 Å². The normalized spacial score (nSPS) is 16.5. The molecule has 4 rings (SSSR count). The van der Waals surface area contributed by atoms with E-state index in [0.29, 0.717) is 5.92 Å². The van der Waals surface area contributed by atoms with Gasteiger partial charge in [0.25, 0.3) is 0 Å². The molecule has 0 spiro atoms. The molecule has 0 saturated heterocycles. The van der Waals surface area contributed by atoms with Crippen LogP contribution in [0.15, 0.2) is 115 Å². The maximum atomic E-state index is 9.87. The monoisotopic (exact) mass is 670 g/mol. The molecule has 0 bridgehead atoms. The maximum absolute atomic E-state index is 10.7. The van der Waals surface area contributed by atoms with Gasteiger partial charge in [-0.2, -0.15) is 0 Å². The van der Waals surface area contributed by atoms with Crippen LogP contribution in [0.2, 0.25) is 0 Å². The predicted octanol–water partition coefficient (Wildman–Crippen LogP) is 9.11. The second-order valence-electron chi connectivity index (χ2n) is 8.10. The van der Waals surface area contributed by atoms with Crippen LogP contribution in [0.25, 0.3) is 0 Å². The fraction of sp³-hybridized carbons (Fsp3) is 0.167. The largest absolute Gasteiger partial charge is 0.0622 e. The third-order valence-corrected chi connectivity index (χ3v) is 7.31. The van der Waals surface area contributed by atoms with Crippen molar-refractivity contribution in [2.24, 2.45) is 5.92 Å². The van der Waals surface area contributed by atoms with Gasteiger partial charge in [0, 0.05) is 67.2 Å². The van der Waals surface area contributed by atoms with E-state index in [0.717, 1.165) is 13.0 Å². The van der Waals surface area contributed by atoms with E-state index in [1.54, 1.807) is 7.11 Å². The number of rotatable bonds is 5. The molecule has 0 fully saturated rings. The molecule has 0 radical (unpaired) electrons. The van der Waals surface area contributed by atoms with Crippen molar-refractivity contribution in [1.82, 2.24) is 0 Å². The van der Waals surface area contributed by atoms with E-state index in [1.807, 2.05) is 0 Å². The van der Waals surface area contributed by atoms with Gasteiger partial charge in [0.05, 0.1) is 6.61 Å². The minimum absolute atomic E-state index is 0. The van der Waals surface area contributed by atoms with E-state index in [1.165, 1.54) is 22.3 Å². The van der Waals surface area contributed by atoms with Crippen LogP contribution < -0.4 is 15.9 Å². The minimum Gasteiger partial charge on any atom is -0.0622 e. The fourth-order valence-electron chi connectivity index (χ4n) is 3.40. The van der Waals surface area contributed by atoms with Crippen molar-refractivity contribution in [3.05, 3.63) is 135 Å². The fourth-order valence-corrected chi connectivity index (χ4v) is 5.70. The molecule has 12 heteroatoms. The van der Waals surface area contributed by atoms with Gasteiger partial charge in [0.1, 0.15) is 0 Å². The molecule has 1 unspecified atom stereocenters. The topological polar surface area (TPSA) is 49.0 Å². The Morgan fingerprint density at radius 2 is 1.10 bits per heavy atom. The predicted molar refractivity (Wildman–Crippen MR) is 154 cm³/mol. The zero-order valence-electron chi connectivity index (χ0n) is 22.5. The third-order valence-electron chi connectivity index (χ3n) is 4.87. The van der Waals surface area contributed by atoms with Crippen molar-refractivity contribution >= 4 is 31.6 Å². The Kier molecular flexibility index (Phi) is 20.1. The summed E-state index contributed by atoms with van der Waals surface area (Å²) in [5.74, 6) is 0.598. The first-order chi connectivity index (χ1) is 19.3. The van der Waals surface area contributed by atoms with Gasteiger partial charge in [-0.05, 0) is 30.3 Å². The molecule has 1 atom stereocenters. The molecule has 0 amide bonds. The van der Waals surface area contributed by atoms with Crippen molar-refractivity contribution in [3.63, 3.8) is 0 Å². The summed E-state index contributed by atoms with van der Waals surface area (Å²) >= 11 is 0. The molecule has 0 aliphatic heterocycles. The molecular formula is C30H30F6FeO3P2. The molecule has 1 aliphatic rings. The number of benzene rings is 3. The van der Waals surface area contributed by atoms with Gasteiger partial charge in [-0.3, -0.25) is 0 Å². The summed E-state index contributed by atoms with van der Waals surface area (Å²) < 4.78 is 79.3. The summed E-state index contributed by atoms with van der Waals surface area (Å²) in [6.45, 7) is 9.85. The van der Waals surface area contributed by atoms with Gasteiger partial charge in [-0.1, -0.05) is 91.0 Å². The summed E-state index contributed by atoms with van der Waals surface area (Å²) in [6.07, 6.45) is 13.0. The molecule has 0 N–H and O–H groups in total. The molecule has 0 aromatic heterocycles. The molecule has 42 heavy (non-hydrogen) atoms. The summed E-state index contributed by atoms with van der Waals surface area (Å²) in [4.78, 5) is 0. The van der Waals surface area contributed by atoms with E-state index in [2.05, 4.69) is 135 Å². The van der Waals surface area contributed by atoms with Crippen molar-refractivity contribution in [1.29, 1.82) is 0 Å². The number of hydrogen-bond acceptors (Lipinski definition) is 1. The SMILES string of the molecule is COCC1/C=C\[CH+]/C=C\CC1.F[P-](F)(F)(F)(F)F.[C-]#[O+].[C-]#[O+].[Fe].c1ccc(P(c2ccccc2)c2ccccc2)cc1. The van der Waals surface area contributed by atoms with E-state index in [4.69, 9.17) is 14.0 Å². The average Bonchev–Trinajstić information content (AvgIpc) is 2.93. The Morgan fingerprint density at radius 1 is 0.738 bits per heavy atom. The van der Waals surface area contributed by atoms with E-state index >= 15 is 0 Å². The number of halogens is 6. The van der Waals surface area contributed by atoms with Crippen LogP contribution in [0.1, 0.15) is 12.8 Å². The molecule has 228 valence electrons. The summed E-state index contributed by atoms with van der Waals surface area (Å²) in [5, 5.41) is 4.19. The number of hydrogen-bond donors (Lipinski definition) is 0. The molecule has 3 aromatic carbocycles. The van der Waals surface area contributed by atoms with Gasteiger partial charge in [-0.15, -0.1) is 0 Å². The van der Waals surface area contributed by atoms with Crippen LogP contribution in [0.3, 0.4) is 0 Å². The Hall–Kier alpha value is -2.59. The summed E-state index contributed by atoms with van der Waals surface area (Å²) in [6, 6.07) is 32.3. The van der Waals surface area contributed by atoms with E-state index in [-0.39, 0.29) is 17.1 Å². The smallest absolute Gasteiger partial charge is 0 e. The van der Waals surface area contributed by atoms with Crippen molar-refractivity contribution in [2.75, 3.05) is 13.7 Å². The molecule has 3 nitrogen and oxygen atoms in total. The van der Waals surface area contributed by atoms with Crippen LogP contribution in [0.4, 0.5) is 25.2 Å². The first kappa shape index (κ1) is 41.5. The molecule has 1 aliphatic carbocycles. The van der Waals surface area contributed by atoms with Gasteiger partial charge in [0.15, 0.2) is 0 Å². The third kappa shape index (κ3) is 23.0.